The fraction of sp³-hybridized carbons (Fsp3) is 0.353. The Labute approximate surface area is 149 Å². The van der Waals surface area contributed by atoms with Crippen LogP contribution in [0.2, 0.25) is 0 Å². The van der Waals surface area contributed by atoms with Gasteiger partial charge in [0.05, 0.1) is 13.0 Å². The molecule has 25 heavy (non-hydrogen) atoms. The number of amides is 2. The summed E-state index contributed by atoms with van der Waals surface area (Å²) < 4.78 is 5.02. The molecule has 0 aliphatic carbocycles. The molecular formula is C17H18N2O5S. The number of nitrogens with one attached hydrogen (secondary N) is 1. The normalized spacial score (nSPS) is 22.3. The first-order chi connectivity index (χ1) is 12.0. The highest BCUT2D eigenvalue weighted by Gasteiger charge is 2.54. The molecule has 0 radical (unpaired) electrons. The Morgan fingerprint density at radius 1 is 1.36 bits per heavy atom. The maximum absolute atomic E-state index is 12.4. The second-order valence-corrected chi connectivity index (χ2v) is 6.91. The molecule has 1 fully saturated rings. The second-order valence-electron chi connectivity index (χ2n) is 5.81. The average molecular weight is 362 g/mol. The van der Waals surface area contributed by atoms with E-state index in [2.05, 4.69) is 5.32 Å². The number of carbonyl (C=O) groups excluding carboxylic acids is 2. The average Bonchev–Trinajstić information content (AvgIpc) is 2.60. The number of fused-ring (bicyclic) bond motifs is 1. The summed E-state index contributed by atoms with van der Waals surface area (Å²) in [5.41, 5.74) is 1.40. The lowest BCUT2D eigenvalue weighted by Crippen LogP contribution is -2.70. The predicted octanol–water partition coefficient (Wildman–Crippen LogP) is 0.614. The van der Waals surface area contributed by atoms with Gasteiger partial charge in [0.15, 0.2) is 0 Å². The van der Waals surface area contributed by atoms with Gasteiger partial charge in [0, 0.05) is 12.9 Å². The molecule has 0 bridgehead atoms. The summed E-state index contributed by atoms with van der Waals surface area (Å²) in [7, 11) is 1.48. The third-order valence-corrected chi connectivity index (χ3v) is 5.43. The zero-order valence-corrected chi connectivity index (χ0v) is 14.4. The molecule has 1 aromatic rings. The molecule has 2 atom stereocenters. The van der Waals surface area contributed by atoms with Crippen LogP contribution in [-0.4, -0.2) is 58.7 Å². The number of rotatable bonds is 6. The topological polar surface area (TPSA) is 95.9 Å². The van der Waals surface area contributed by atoms with Crippen LogP contribution in [0.25, 0.3) is 0 Å². The zero-order valence-electron chi connectivity index (χ0n) is 13.6. The highest BCUT2D eigenvalue weighted by atomic mass is 32.2. The number of hydrogen-bond donors (Lipinski definition) is 2. The van der Waals surface area contributed by atoms with Crippen LogP contribution in [-0.2, 0) is 25.5 Å². The Kier molecular flexibility index (Phi) is 5.10. The van der Waals surface area contributed by atoms with E-state index in [4.69, 9.17) is 4.74 Å². The standard InChI is InChI=1S/C17H18N2O5S/c1-24-8-11-9-25-16-13(15(21)19(16)14(11)17(22)23)18-12(20)7-10-5-3-2-4-6-10/h2-6,13,16H,7-9H2,1H3,(H,18,20)(H,22,23)/t13-,16-/m1/s1. The number of carbonyl (C=O) groups is 3. The molecule has 0 saturated carbocycles. The summed E-state index contributed by atoms with van der Waals surface area (Å²) in [6, 6.07) is 8.54. The van der Waals surface area contributed by atoms with Gasteiger partial charge >= 0.3 is 5.97 Å². The molecule has 2 amide bonds. The van der Waals surface area contributed by atoms with Crippen molar-refractivity contribution >= 4 is 29.5 Å². The summed E-state index contributed by atoms with van der Waals surface area (Å²) in [6.45, 7) is 0.163. The van der Waals surface area contributed by atoms with Crippen LogP contribution in [0.5, 0.6) is 0 Å². The van der Waals surface area contributed by atoms with Crippen molar-refractivity contribution in [1.29, 1.82) is 0 Å². The van der Waals surface area contributed by atoms with Crippen molar-refractivity contribution in [2.45, 2.75) is 17.8 Å². The third kappa shape index (κ3) is 3.40. The molecule has 0 aromatic heterocycles. The number of β-lactam (4-membered cyclic amide) rings is 1. The van der Waals surface area contributed by atoms with Crippen LogP contribution in [0.15, 0.2) is 41.6 Å². The first kappa shape index (κ1) is 17.5. The minimum Gasteiger partial charge on any atom is -0.477 e. The number of carboxylic acid groups (broad SMARTS) is 1. The van der Waals surface area contributed by atoms with E-state index in [1.54, 1.807) is 0 Å². The number of ether oxygens (including phenoxy) is 1. The predicted molar refractivity (Wildman–Crippen MR) is 91.7 cm³/mol. The first-order valence-electron chi connectivity index (χ1n) is 7.75. The van der Waals surface area contributed by atoms with Crippen molar-refractivity contribution in [3.05, 3.63) is 47.2 Å². The molecule has 2 heterocycles. The lowest BCUT2D eigenvalue weighted by molar-refractivity contribution is -0.150. The summed E-state index contributed by atoms with van der Waals surface area (Å²) >= 11 is 1.43. The Bertz CT molecular complexity index is 734. The largest absolute Gasteiger partial charge is 0.477 e. The first-order valence-corrected chi connectivity index (χ1v) is 8.80. The molecule has 2 N–H and O–H groups in total. The minimum absolute atomic E-state index is 0.0239. The molecule has 7 nitrogen and oxygen atoms in total. The summed E-state index contributed by atoms with van der Waals surface area (Å²) in [5.74, 6) is -1.35. The van der Waals surface area contributed by atoms with E-state index in [0.717, 1.165) is 5.56 Å². The molecule has 132 valence electrons. The van der Waals surface area contributed by atoms with Gasteiger partial charge in [-0.3, -0.25) is 14.5 Å². The molecule has 0 unspecified atom stereocenters. The van der Waals surface area contributed by atoms with E-state index in [1.165, 1.54) is 23.8 Å². The van der Waals surface area contributed by atoms with Gasteiger partial charge in [-0.25, -0.2) is 4.79 Å². The number of carboxylic acids is 1. The van der Waals surface area contributed by atoms with E-state index in [0.29, 0.717) is 11.3 Å². The van der Waals surface area contributed by atoms with Crippen LogP contribution in [0.3, 0.4) is 0 Å². The van der Waals surface area contributed by atoms with Crippen LogP contribution in [0.4, 0.5) is 0 Å². The van der Waals surface area contributed by atoms with Crippen molar-refractivity contribution in [2.75, 3.05) is 19.5 Å². The van der Waals surface area contributed by atoms with Crippen molar-refractivity contribution in [3.8, 4) is 0 Å². The Balaban J connectivity index is 1.69. The van der Waals surface area contributed by atoms with Gasteiger partial charge in [0.1, 0.15) is 17.1 Å². The van der Waals surface area contributed by atoms with Gasteiger partial charge in [-0.05, 0) is 11.1 Å². The van der Waals surface area contributed by atoms with E-state index in [-0.39, 0.29) is 30.0 Å². The third-order valence-electron chi connectivity index (χ3n) is 4.09. The van der Waals surface area contributed by atoms with E-state index in [9.17, 15) is 19.5 Å². The van der Waals surface area contributed by atoms with Gasteiger partial charge in [-0.2, -0.15) is 0 Å². The molecule has 2 aliphatic heterocycles. The molecular weight excluding hydrogens is 344 g/mol. The van der Waals surface area contributed by atoms with Gasteiger partial charge in [-0.15, -0.1) is 11.8 Å². The number of aliphatic carboxylic acids is 1. The SMILES string of the molecule is COCC1=C(C(=O)O)N2C(=O)[C@@H](NC(=O)Cc3ccccc3)[C@H]2SC1. The number of methoxy groups -OCH3 is 1. The van der Waals surface area contributed by atoms with Crippen molar-refractivity contribution in [1.82, 2.24) is 10.2 Å². The summed E-state index contributed by atoms with van der Waals surface area (Å²) in [5, 5.41) is 11.8. The Hall–Kier alpha value is -2.32. The molecule has 2 aliphatic rings. The monoisotopic (exact) mass is 362 g/mol. The van der Waals surface area contributed by atoms with Gasteiger partial charge < -0.3 is 15.2 Å². The van der Waals surface area contributed by atoms with Crippen LogP contribution in [0.1, 0.15) is 5.56 Å². The summed E-state index contributed by atoms with van der Waals surface area (Å²) in [6.07, 6.45) is 0.179. The van der Waals surface area contributed by atoms with Crippen molar-refractivity contribution in [3.63, 3.8) is 0 Å². The quantitative estimate of drug-likeness (QED) is 0.720. The zero-order chi connectivity index (χ0) is 18.0. The molecule has 1 saturated heterocycles. The summed E-state index contributed by atoms with van der Waals surface area (Å²) in [4.78, 5) is 37.4. The van der Waals surface area contributed by atoms with E-state index < -0.39 is 17.9 Å². The van der Waals surface area contributed by atoms with Gasteiger partial charge in [-0.1, -0.05) is 30.3 Å². The smallest absolute Gasteiger partial charge is 0.352 e. The maximum atomic E-state index is 12.4. The maximum Gasteiger partial charge on any atom is 0.352 e. The lowest BCUT2D eigenvalue weighted by atomic mass is 10.0. The lowest BCUT2D eigenvalue weighted by Gasteiger charge is -2.49. The number of nitrogens with zero attached hydrogens (tertiary/aromatic N) is 1. The van der Waals surface area contributed by atoms with Crippen LogP contribution in [0, 0.1) is 0 Å². The minimum atomic E-state index is -1.15. The Morgan fingerprint density at radius 2 is 2.08 bits per heavy atom. The Morgan fingerprint density at radius 3 is 2.72 bits per heavy atom. The fourth-order valence-corrected chi connectivity index (χ4v) is 4.30. The molecule has 8 heteroatoms. The highest BCUT2D eigenvalue weighted by molar-refractivity contribution is 8.00. The number of thioether (sulfide) groups is 1. The van der Waals surface area contributed by atoms with Crippen LogP contribution >= 0.6 is 11.8 Å². The molecule has 1 aromatic carbocycles. The molecule has 3 rings (SSSR count). The second kappa shape index (κ2) is 7.28. The number of benzene rings is 1. The van der Waals surface area contributed by atoms with E-state index in [1.807, 2.05) is 30.3 Å². The number of hydrogen-bond acceptors (Lipinski definition) is 5. The highest BCUT2D eigenvalue weighted by Crippen LogP contribution is 2.40. The van der Waals surface area contributed by atoms with E-state index >= 15 is 0 Å². The van der Waals surface area contributed by atoms with Crippen molar-refractivity contribution < 1.29 is 24.2 Å². The van der Waals surface area contributed by atoms with Crippen molar-refractivity contribution in [2.24, 2.45) is 0 Å². The van der Waals surface area contributed by atoms with Gasteiger partial charge in [0.25, 0.3) is 5.91 Å². The van der Waals surface area contributed by atoms with Gasteiger partial charge in [0.2, 0.25) is 5.91 Å². The van der Waals surface area contributed by atoms with Crippen LogP contribution < -0.4 is 5.32 Å². The molecule has 0 spiro atoms. The fourth-order valence-electron chi connectivity index (χ4n) is 2.97.